The molecule has 0 aliphatic heterocycles. The Morgan fingerprint density at radius 1 is 1.69 bits per heavy atom. The zero-order valence-electron chi connectivity index (χ0n) is 9.37. The van der Waals surface area contributed by atoms with Crippen molar-refractivity contribution in [2.24, 2.45) is 0 Å². The second-order valence-electron chi connectivity index (χ2n) is 3.39. The van der Waals surface area contributed by atoms with Gasteiger partial charge in [-0.15, -0.1) is 0 Å². The van der Waals surface area contributed by atoms with Crippen LogP contribution < -0.4 is 5.32 Å². The summed E-state index contributed by atoms with van der Waals surface area (Å²) in [7, 11) is 0. The number of amides is 1. The molecular weight excluding hydrogens is 228 g/mol. The molecule has 1 aromatic heterocycles. The van der Waals surface area contributed by atoms with Crippen LogP contribution in [-0.2, 0) is 4.74 Å². The first-order chi connectivity index (χ1) is 7.65. The summed E-state index contributed by atoms with van der Waals surface area (Å²) in [6, 6.07) is 1.54. The maximum Gasteiger partial charge on any atom is 0.253 e. The van der Waals surface area contributed by atoms with Crippen molar-refractivity contribution in [3.63, 3.8) is 0 Å². The predicted octanol–water partition coefficient (Wildman–Crippen LogP) is 1.89. The molecule has 0 aliphatic rings. The highest BCUT2D eigenvalue weighted by molar-refractivity contribution is 6.33. The fraction of sp³-hybridized carbons (Fsp3) is 0.455. The Morgan fingerprint density at radius 2 is 2.44 bits per heavy atom. The van der Waals surface area contributed by atoms with Gasteiger partial charge >= 0.3 is 0 Å². The van der Waals surface area contributed by atoms with E-state index in [-0.39, 0.29) is 11.9 Å². The second kappa shape index (κ2) is 6.45. The molecule has 0 bridgehead atoms. The van der Waals surface area contributed by atoms with Crippen LogP contribution in [0, 0.1) is 0 Å². The summed E-state index contributed by atoms with van der Waals surface area (Å²) >= 11 is 5.85. The summed E-state index contributed by atoms with van der Waals surface area (Å²) in [5.74, 6) is -0.209. The lowest BCUT2D eigenvalue weighted by Crippen LogP contribution is -2.36. The Kier molecular flexibility index (Phi) is 5.22. The van der Waals surface area contributed by atoms with Gasteiger partial charge in [0.15, 0.2) is 0 Å². The van der Waals surface area contributed by atoms with Gasteiger partial charge in [-0.1, -0.05) is 11.6 Å². The minimum Gasteiger partial charge on any atom is -0.380 e. The highest BCUT2D eigenvalue weighted by Crippen LogP contribution is 2.12. The number of aromatic nitrogens is 1. The standard InChI is InChI=1S/C11H15ClN2O2/c1-3-16-7-8(2)14-11(15)9-4-5-13-6-10(9)12/h4-6,8H,3,7H2,1-2H3,(H,14,15). The Balaban J connectivity index is 2.56. The van der Waals surface area contributed by atoms with Crippen LogP contribution in [0.2, 0.25) is 5.02 Å². The van der Waals surface area contributed by atoms with Gasteiger partial charge in [0.05, 0.1) is 17.2 Å². The molecule has 0 saturated carbocycles. The molecule has 0 spiro atoms. The minimum atomic E-state index is -0.209. The molecule has 1 aromatic rings. The van der Waals surface area contributed by atoms with Crippen molar-refractivity contribution in [2.75, 3.05) is 13.2 Å². The molecule has 1 amide bonds. The molecule has 4 nitrogen and oxygen atoms in total. The van der Waals surface area contributed by atoms with E-state index >= 15 is 0 Å². The van der Waals surface area contributed by atoms with Crippen LogP contribution >= 0.6 is 11.6 Å². The predicted molar refractivity (Wildman–Crippen MR) is 62.7 cm³/mol. The highest BCUT2D eigenvalue weighted by Gasteiger charge is 2.12. The maximum atomic E-state index is 11.8. The van der Waals surface area contributed by atoms with E-state index in [1.807, 2.05) is 13.8 Å². The van der Waals surface area contributed by atoms with E-state index in [2.05, 4.69) is 10.3 Å². The van der Waals surface area contributed by atoms with Crippen LogP contribution in [0.15, 0.2) is 18.5 Å². The Labute approximate surface area is 100.0 Å². The van der Waals surface area contributed by atoms with Crippen molar-refractivity contribution in [3.05, 3.63) is 29.0 Å². The molecular formula is C11H15ClN2O2. The Bertz CT molecular complexity index is 358. The van der Waals surface area contributed by atoms with Crippen molar-refractivity contribution in [1.29, 1.82) is 0 Å². The Hall–Kier alpha value is -1.13. The number of hydrogen-bond donors (Lipinski definition) is 1. The Morgan fingerprint density at radius 3 is 3.06 bits per heavy atom. The minimum absolute atomic E-state index is 0.0447. The maximum absolute atomic E-state index is 11.8. The molecule has 0 aromatic carbocycles. The number of ether oxygens (including phenoxy) is 1. The molecule has 0 aliphatic carbocycles. The summed E-state index contributed by atoms with van der Waals surface area (Å²) in [4.78, 5) is 15.6. The number of carbonyl (C=O) groups excluding carboxylic acids is 1. The van der Waals surface area contributed by atoms with Crippen molar-refractivity contribution < 1.29 is 9.53 Å². The molecule has 1 N–H and O–H groups in total. The van der Waals surface area contributed by atoms with Gasteiger partial charge in [-0.2, -0.15) is 0 Å². The molecule has 16 heavy (non-hydrogen) atoms. The third kappa shape index (κ3) is 3.79. The third-order valence-corrected chi connectivity index (χ3v) is 2.27. The summed E-state index contributed by atoms with van der Waals surface area (Å²) in [6.07, 6.45) is 2.98. The van der Waals surface area contributed by atoms with Gasteiger partial charge in [0.1, 0.15) is 0 Å². The smallest absolute Gasteiger partial charge is 0.253 e. The van der Waals surface area contributed by atoms with Gasteiger partial charge in [-0.25, -0.2) is 0 Å². The topological polar surface area (TPSA) is 51.2 Å². The lowest BCUT2D eigenvalue weighted by molar-refractivity contribution is 0.0872. The molecule has 1 atom stereocenters. The quantitative estimate of drug-likeness (QED) is 0.858. The summed E-state index contributed by atoms with van der Waals surface area (Å²) in [6.45, 7) is 4.91. The summed E-state index contributed by atoms with van der Waals surface area (Å²) in [5.41, 5.74) is 0.431. The number of nitrogens with one attached hydrogen (secondary N) is 1. The van der Waals surface area contributed by atoms with E-state index < -0.39 is 0 Å². The SMILES string of the molecule is CCOCC(C)NC(=O)c1ccncc1Cl. The van der Waals surface area contributed by atoms with Crippen LogP contribution in [-0.4, -0.2) is 30.1 Å². The first kappa shape index (κ1) is 12.9. The van der Waals surface area contributed by atoms with Crippen LogP contribution in [0.25, 0.3) is 0 Å². The highest BCUT2D eigenvalue weighted by atomic mass is 35.5. The van der Waals surface area contributed by atoms with E-state index in [9.17, 15) is 4.79 Å². The van der Waals surface area contributed by atoms with E-state index in [1.165, 1.54) is 12.4 Å². The van der Waals surface area contributed by atoms with Crippen LogP contribution in [0.5, 0.6) is 0 Å². The van der Waals surface area contributed by atoms with Crippen LogP contribution in [0.1, 0.15) is 24.2 Å². The van der Waals surface area contributed by atoms with Crippen LogP contribution in [0.3, 0.4) is 0 Å². The first-order valence-electron chi connectivity index (χ1n) is 5.13. The van der Waals surface area contributed by atoms with Gasteiger partial charge in [0, 0.05) is 25.0 Å². The lowest BCUT2D eigenvalue weighted by atomic mass is 10.2. The van der Waals surface area contributed by atoms with E-state index in [0.717, 1.165) is 0 Å². The van der Waals surface area contributed by atoms with Gasteiger partial charge in [-0.05, 0) is 19.9 Å². The van der Waals surface area contributed by atoms with E-state index in [4.69, 9.17) is 16.3 Å². The average molecular weight is 243 g/mol. The van der Waals surface area contributed by atoms with E-state index in [1.54, 1.807) is 6.07 Å². The number of nitrogens with zero attached hydrogens (tertiary/aromatic N) is 1. The van der Waals surface area contributed by atoms with Gasteiger partial charge in [0.2, 0.25) is 0 Å². The van der Waals surface area contributed by atoms with Crippen molar-refractivity contribution in [3.8, 4) is 0 Å². The molecule has 5 heteroatoms. The normalized spacial score (nSPS) is 12.2. The van der Waals surface area contributed by atoms with Gasteiger partial charge in [0.25, 0.3) is 5.91 Å². The number of rotatable bonds is 5. The van der Waals surface area contributed by atoms with Gasteiger partial charge in [-0.3, -0.25) is 9.78 Å². The largest absolute Gasteiger partial charge is 0.380 e. The van der Waals surface area contributed by atoms with Crippen molar-refractivity contribution in [2.45, 2.75) is 19.9 Å². The fourth-order valence-corrected chi connectivity index (χ4v) is 1.40. The van der Waals surface area contributed by atoms with Crippen molar-refractivity contribution >= 4 is 17.5 Å². The lowest BCUT2D eigenvalue weighted by Gasteiger charge is -2.13. The number of carbonyl (C=O) groups is 1. The second-order valence-corrected chi connectivity index (χ2v) is 3.80. The monoisotopic (exact) mass is 242 g/mol. The molecule has 0 fully saturated rings. The van der Waals surface area contributed by atoms with E-state index in [0.29, 0.717) is 23.8 Å². The fourth-order valence-electron chi connectivity index (χ4n) is 1.20. The molecule has 88 valence electrons. The zero-order chi connectivity index (χ0) is 12.0. The first-order valence-corrected chi connectivity index (χ1v) is 5.51. The van der Waals surface area contributed by atoms with Gasteiger partial charge < -0.3 is 10.1 Å². The number of hydrogen-bond acceptors (Lipinski definition) is 3. The molecule has 0 radical (unpaired) electrons. The van der Waals surface area contributed by atoms with Crippen LogP contribution in [0.4, 0.5) is 0 Å². The van der Waals surface area contributed by atoms with Crippen molar-refractivity contribution in [1.82, 2.24) is 10.3 Å². The molecule has 1 heterocycles. The summed E-state index contributed by atoms with van der Waals surface area (Å²) < 4.78 is 5.20. The molecule has 1 rings (SSSR count). The number of halogens is 1. The third-order valence-electron chi connectivity index (χ3n) is 1.97. The summed E-state index contributed by atoms with van der Waals surface area (Å²) in [5, 5.41) is 3.15. The molecule has 0 saturated heterocycles. The zero-order valence-corrected chi connectivity index (χ0v) is 10.1. The average Bonchev–Trinajstić information content (AvgIpc) is 2.26. The number of pyridine rings is 1. The molecule has 1 unspecified atom stereocenters.